The van der Waals surface area contributed by atoms with E-state index in [2.05, 4.69) is 27.5 Å². The molecule has 0 saturated heterocycles. The molecule has 1 heterocycles. The molecule has 5 nitrogen and oxygen atoms in total. The number of anilines is 3. The van der Waals surface area contributed by atoms with Crippen molar-refractivity contribution in [1.29, 1.82) is 0 Å². The van der Waals surface area contributed by atoms with Crippen LogP contribution < -0.4 is 15.4 Å². The van der Waals surface area contributed by atoms with Crippen LogP contribution in [0.2, 0.25) is 0 Å². The first-order chi connectivity index (χ1) is 12.3. The zero-order valence-corrected chi connectivity index (χ0v) is 14.3. The number of aromatic nitrogens is 2. The maximum absolute atomic E-state index is 5.79. The highest BCUT2D eigenvalue weighted by Crippen LogP contribution is 2.23. The third-order valence-electron chi connectivity index (χ3n) is 3.58. The van der Waals surface area contributed by atoms with E-state index in [0.717, 1.165) is 42.4 Å². The molecule has 0 aliphatic rings. The van der Waals surface area contributed by atoms with Crippen LogP contribution >= 0.6 is 0 Å². The Balaban J connectivity index is 1.60. The smallest absolute Gasteiger partial charge is 0.229 e. The molecule has 0 spiro atoms. The van der Waals surface area contributed by atoms with Crippen LogP contribution in [-0.2, 0) is 0 Å². The van der Waals surface area contributed by atoms with Crippen molar-refractivity contribution in [3.05, 3.63) is 66.9 Å². The van der Waals surface area contributed by atoms with E-state index >= 15 is 0 Å². The summed E-state index contributed by atoms with van der Waals surface area (Å²) in [4.78, 5) is 8.73. The Morgan fingerprint density at radius 3 is 2.44 bits per heavy atom. The predicted molar refractivity (Wildman–Crippen MR) is 102 cm³/mol. The molecule has 0 atom stereocenters. The summed E-state index contributed by atoms with van der Waals surface area (Å²) in [5.41, 5.74) is 0.908. The van der Waals surface area contributed by atoms with Crippen LogP contribution in [0.15, 0.2) is 66.9 Å². The molecule has 0 unspecified atom stereocenters. The summed E-state index contributed by atoms with van der Waals surface area (Å²) in [5.74, 6) is 3.00. The minimum Gasteiger partial charge on any atom is -0.457 e. The molecule has 0 radical (unpaired) electrons. The molecule has 3 aromatic rings. The first-order valence-electron chi connectivity index (χ1n) is 8.50. The van der Waals surface area contributed by atoms with Gasteiger partial charge in [-0.05, 0) is 48.9 Å². The van der Waals surface area contributed by atoms with E-state index in [9.17, 15) is 0 Å². The Labute approximate surface area is 148 Å². The van der Waals surface area contributed by atoms with Gasteiger partial charge in [0.2, 0.25) is 5.95 Å². The molecule has 25 heavy (non-hydrogen) atoms. The first kappa shape index (κ1) is 16.8. The van der Waals surface area contributed by atoms with Crippen molar-refractivity contribution in [3.63, 3.8) is 0 Å². The molecule has 0 bridgehead atoms. The Morgan fingerprint density at radius 1 is 0.920 bits per heavy atom. The fourth-order valence-corrected chi connectivity index (χ4v) is 2.27. The maximum atomic E-state index is 5.79. The maximum Gasteiger partial charge on any atom is 0.229 e. The molecular weight excluding hydrogens is 312 g/mol. The highest BCUT2D eigenvalue weighted by Gasteiger charge is 2.01. The summed E-state index contributed by atoms with van der Waals surface area (Å²) in [6, 6.07) is 19.3. The topological polar surface area (TPSA) is 59.1 Å². The van der Waals surface area contributed by atoms with Gasteiger partial charge in [0.05, 0.1) is 0 Å². The van der Waals surface area contributed by atoms with Gasteiger partial charge in [0.25, 0.3) is 0 Å². The Bertz CT molecular complexity index is 775. The second kappa shape index (κ2) is 8.68. The molecular formula is C20H22N4O. The zero-order valence-electron chi connectivity index (χ0n) is 14.3. The molecule has 0 amide bonds. The fourth-order valence-electron chi connectivity index (χ4n) is 2.27. The van der Waals surface area contributed by atoms with Gasteiger partial charge < -0.3 is 15.4 Å². The van der Waals surface area contributed by atoms with Gasteiger partial charge in [0, 0.05) is 18.4 Å². The molecule has 0 fully saturated rings. The lowest BCUT2D eigenvalue weighted by Gasteiger charge is -2.09. The summed E-state index contributed by atoms with van der Waals surface area (Å²) in [5, 5.41) is 6.51. The van der Waals surface area contributed by atoms with E-state index in [1.54, 1.807) is 6.20 Å². The lowest BCUT2D eigenvalue weighted by atomic mass is 10.3. The van der Waals surface area contributed by atoms with E-state index in [1.807, 2.05) is 60.7 Å². The molecule has 5 heteroatoms. The van der Waals surface area contributed by atoms with Crippen LogP contribution in [0.1, 0.15) is 19.8 Å². The lowest BCUT2D eigenvalue weighted by molar-refractivity contribution is 0.483. The third kappa shape index (κ3) is 5.21. The largest absolute Gasteiger partial charge is 0.457 e. The number of nitrogens with zero attached hydrogens (tertiary/aromatic N) is 2. The first-order valence-corrected chi connectivity index (χ1v) is 8.50. The number of rotatable bonds is 8. The summed E-state index contributed by atoms with van der Waals surface area (Å²) in [6.07, 6.45) is 4.02. The fraction of sp³-hybridized carbons (Fsp3) is 0.200. The third-order valence-corrected chi connectivity index (χ3v) is 3.58. The number of para-hydroxylation sites is 1. The van der Waals surface area contributed by atoms with E-state index < -0.39 is 0 Å². The SMILES string of the molecule is CCCCNc1ccnc(Nc2ccc(Oc3ccccc3)cc2)n1. The second-order valence-electron chi connectivity index (χ2n) is 5.61. The van der Waals surface area contributed by atoms with Gasteiger partial charge in [-0.3, -0.25) is 0 Å². The molecule has 0 saturated carbocycles. The van der Waals surface area contributed by atoms with Gasteiger partial charge in [-0.15, -0.1) is 0 Å². The van der Waals surface area contributed by atoms with Crippen LogP contribution in [0, 0.1) is 0 Å². The van der Waals surface area contributed by atoms with Gasteiger partial charge in [-0.25, -0.2) is 4.98 Å². The quantitative estimate of drug-likeness (QED) is 0.553. The average molecular weight is 334 g/mol. The van der Waals surface area contributed by atoms with Crippen LogP contribution in [0.5, 0.6) is 11.5 Å². The number of hydrogen-bond donors (Lipinski definition) is 2. The predicted octanol–water partition coefficient (Wildman–Crippen LogP) is 5.22. The summed E-state index contributed by atoms with van der Waals surface area (Å²) in [7, 11) is 0. The Hall–Kier alpha value is -3.08. The van der Waals surface area contributed by atoms with Crippen LogP contribution in [-0.4, -0.2) is 16.5 Å². The molecule has 0 aliphatic heterocycles. The van der Waals surface area contributed by atoms with Crippen LogP contribution in [0.25, 0.3) is 0 Å². The molecule has 1 aromatic heterocycles. The summed E-state index contributed by atoms with van der Waals surface area (Å²) < 4.78 is 5.79. The highest BCUT2D eigenvalue weighted by atomic mass is 16.5. The van der Waals surface area contributed by atoms with Crippen LogP contribution in [0.4, 0.5) is 17.5 Å². The Kier molecular flexibility index (Phi) is 5.82. The van der Waals surface area contributed by atoms with Crippen molar-refractivity contribution in [1.82, 2.24) is 9.97 Å². The van der Waals surface area contributed by atoms with Crippen molar-refractivity contribution < 1.29 is 4.74 Å². The van der Waals surface area contributed by atoms with Gasteiger partial charge in [-0.2, -0.15) is 4.98 Å². The molecule has 3 rings (SSSR count). The summed E-state index contributed by atoms with van der Waals surface area (Å²) in [6.45, 7) is 3.08. The zero-order chi connectivity index (χ0) is 17.3. The van der Waals surface area contributed by atoms with Gasteiger partial charge in [0.15, 0.2) is 0 Å². The minimum atomic E-state index is 0.568. The summed E-state index contributed by atoms with van der Waals surface area (Å²) >= 11 is 0. The highest BCUT2D eigenvalue weighted by molar-refractivity contribution is 5.56. The van der Waals surface area contributed by atoms with Crippen molar-refractivity contribution in [2.24, 2.45) is 0 Å². The minimum absolute atomic E-state index is 0.568. The molecule has 2 N–H and O–H groups in total. The van der Waals surface area contributed by atoms with Gasteiger partial charge in [-0.1, -0.05) is 31.5 Å². The van der Waals surface area contributed by atoms with Crippen molar-refractivity contribution >= 4 is 17.5 Å². The lowest BCUT2D eigenvalue weighted by Crippen LogP contribution is -2.05. The molecule has 2 aromatic carbocycles. The Morgan fingerprint density at radius 2 is 1.68 bits per heavy atom. The van der Waals surface area contributed by atoms with Gasteiger partial charge >= 0.3 is 0 Å². The number of benzene rings is 2. The standard InChI is InChI=1S/C20H22N4O/c1-2-3-14-21-19-13-15-22-20(24-19)23-16-9-11-18(12-10-16)25-17-7-5-4-6-8-17/h4-13,15H,2-3,14H2,1H3,(H2,21,22,23,24). The van der Waals surface area contributed by atoms with E-state index in [4.69, 9.17) is 4.74 Å². The van der Waals surface area contributed by atoms with E-state index in [1.165, 1.54) is 0 Å². The monoisotopic (exact) mass is 334 g/mol. The second-order valence-corrected chi connectivity index (χ2v) is 5.61. The molecule has 128 valence electrons. The van der Waals surface area contributed by atoms with Crippen molar-refractivity contribution in [2.75, 3.05) is 17.2 Å². The van der Waals surface area contributed by atoms with E-state index in [-0.39, 0.29) is 0 Å². The number of ether oxygens (including phenoxy) is 1. The van der Waals surface area contributed by atoms with Crippen molar-refractivity contribution in [2.45, 2.75) is 19.8 Å². The van der Waals surface area contributed by atoms with Crippen LogP contribution in [0.3, 0.4) is 0 Å². The number of unbranched alkanes of at least 4 members (excludes halogenated alkanes) is 1. The normalized spacial score (nSPS) is 10.3. The van der Waals surface area contributed by atoms with Crippen molar-refractivity contribution in [3.8, 4) is 11.5 Å². The molecule has 0 aliphatic carbocycles. The average Bonchev–Trinajstić information content (AvgIpc) is 2.65. The number of hydrogen-bond acceptors (Lipinski definition) is 5. The van der Waals surface area contributed by atoms with E-state index in [0.29, 0.717) is 5.95 Å². The number of nitrogens with one attached hydrogen (secondary N) is 2. The van der Waals surface area contributed by atoms with Gasteiger partial charge in [0.1, 0.15) is 17.3 Å².